The van der Waals surface area contributed by atoms with Crippen LogP contribution in [0.1, 0.15) is 19.4 Å². The van der Waals surface area contributed by atoms with Crippen LogP contribution in [0.2, 0.25) is 0 Å². The van der Waals surface area contributed by atoms with Gasteiger partial charge in [-0.3, -0.25) is 9.59 Å². The molecule has 0 saturated carbocycles. The molecule has 3 rings (SSSR count). The first-order valence-electron chi connectivity index (χ1n) is 7.37. The summed E-state index contributed by atoms with van der Waals surface area (Å²) < 4.78 is -0.578. The Morgan fingerprint density at radius 1 is 1.29 bits per heavy atom. The summed E-state index contributed by atoms with van der Waals surface area (Å²) in [5, 5.41) is 11.8. The fourth-order valence-electron chi connectivity index (χ4n) is 3.15. The molecule has 2 amide bonds. The zero-order chi connectivity index (χ0) is 16.8. The van der Waals surface area contributed by atoms with Crippen molar-refractivity contribution >= 4 is 29.5 Å². The van der Waals surface area contributed by atoms with E-state index in [2.05, 4.69) is 5.32 Å². The molecule has 0 radical (unpaired) electrons. The molecule has 8 heteroatoms. The van der Waals surface area contributed by atoms with Crippen LogP contribution >= 0.6 is 11.8 Å². The zero-order valence-corrected chi connectivity index (χ0v) is 17.8. The third kappa shape index (κ3) is 3.59. The number of hydrogen-bond donors (Lipinski definition) is 2. The molecule has 2 fully saturated rings. The summed E-state index contributed by atoms with van der Waals surface area (Å²) in [6, 6.07) is 7.78. The number of amides is 2. The van der Waals surface area contributed by atoms with E-state index in [0.29, 0.717) is 0 Å². The third-order valence-corrected chi connectivity index (χ3v) is 5.77. The maximum absolute atomic E-state index is 12.3. The molecule has 2 heterocycles. The van der Waals surface area contributed by atoms with Gasteiger partial charge >= 0.3 is 57.4 Å². The monoisotopic (exact) mass is 373 g/mol. The first-order valence-corrected chi connectivity index (χ1v) is 8.25. The topological polar surface area (TPSA) is 86.7 Å². The average Bonchev–Trinajstić information content (AvgIpc) is 2.74. The van der Waals surface area contributed by atoms with E-state index in [4.69, 9.17) is 0 Å². The number of hydrogen-bond acceptors (Lipinski definition) is 4. The number of nitrogens with zero attached hydrogens (tertiary/aromatic N) is 1. The number of thioether (sulfide) groups is 1. The first kappa shape index (κ1) is 19.9. The standard InChI is InChI=1S/C16H18N2O4S.K/c1-16(2)12(15(21)22)18-13(20)11(14(18)23-16)17-10(19)8-9-6-4-3-5-7-9;/h3-7,11-12,14H,8H2,1-2H3,(H,17,19)(H,21,22);/q;+1. The van der Waals surface area contributed by atoms with Gasteiger partial charge in [0.1, 0.15) is 17.5 Å². The van der Waals surface area contributed by atoms with Crippen molar-refractivity contribution in [2.75, 3.05) is 0 Å². The van der Waals surface area contributed by atoms with E-state index < -0.39 is 22.8 Å². The minimum atomic E-state index is -1.01. The van der Waals surface area contributed by atoms with Crippen molar-refractivity contribution in [1.82, 2.24) is 10.2 Å². The van der Waals surface area contributed by atoms with Crippen LogP contribution < -0.4 is 56.7 Å². The van der Waals surface area contributed by atoms with Crippen molar-refractivity contribution in [3.63, 3.8) is 0 Å². The summed E-state index contributed by atoms with van der Waals surface area (Å²) in [5.74, 6) is -1.55. The van der Waals surface area contributed by atoms with Gasteiger partial charge in [0.2, 0.25) is 11.8 Å². The third-order valence-electron chi connectivity index (χ3n) is 4.20. The maximum atomic E-state index is 12.3. The number of nitrogens with one attached hydrogen (secondary N) is 1. The van der Waals surface area contributed by atoms with Gasteiger partial charge in [-0.05, 0) is 19.4 Å². The summed E-state index contributed by atoms with van der Waals surface area (Å²) in [4.78, 5) is 37.2. The van der Waals surface area contributed by atoms with Crippen LogP contribution in [0, 0.1) is 0 Å². The van der Waals surface area contributed by atoms with Gasteiger partial charge in [-0.25, -0.2) is 4.79 Å². The van der Waals surface area contributed by atoms with Crippen LogP contribution in [0.15, 0.2) is 30.3 Å². The Labute approximate surface area is 187 Å². The largest absolute Gasteiger partial charge is 1.00 e. The van der Waals surface area contributed by atoms with E-state index in [9.17, 15) is 19.5 Å². The Morgan fingerprint density at radius 2 is 1.92 bits per heavy atom. The summed E-state index contributed by atoms with van der Waals surface area (Å²) in [6.07, 6.45) is 0.202. The predicted molar refractivity (Wildman–Crippen MR) is 85.8 cm³/mol. The molecule has 6 nitrogen and oxygen atoms in total. The van der Waals surface area contributed by atoms with E-state index in [0.717, 1.165) is 5.56 Å². The minimum absolute atomic E-state index is 0. The van der Waals surface area contributed by atoms with E-state index in [1.165, 1.54) is 16.7 Å². The van der Waals surface area contributed by atoms with Gasteiger partial charge in [-0.1, -0.05) is 30.3 Å². The van der Waals surface area contributed by atoms with Crippen LogP contribution in [0.3, 0.4) is 0 Å². The van der Waals surface area contributed by atoms with Gasteiger partial charge in [0, 0.05) is 4.75 Å². The van der Waals surface area contributed by atoms with Crippen molar-refractivity contribution in [2.45, 2.75) is 42.5 Å². The van der Waals surface area contributed by atoms with Crippen molar-refractivity contribution in [2.24, 2.45) is 0 Å². The van der Waals surface area contributed by atoms with E-state index >= 15 is 0 Å². The molecule has 122 valence electrons. The van der Waals surface area contributed by atoms with Crippen LogP contribution in [0.5, 0.6) is 0 Å². The molecule has 3 atom stereocenters. The van der Waals surface area contributed by atoms with Crippen LogP contribution in [-0.4, -0.2) is 50.0 Å². The van der Waals surface area contributed by atoms with Gasteiger partial charge in [0.25, 0.3) is 0 Å². The van der Waals surface area contributed by atoms with Crippen molar-refractivity contribution in [3.8, 4) is 0 Å². The molecule has 0 aromatic heterocycles. The molecule has 3 unspecified atom stereocenters. The number of carboxylic acids is 1. The summed E-state index contributed by atoms with van der Waals surface area (Å²) in [7, 11) is 0. The predicted octanol–water partition coefficient (Wildman–Crippen LogP) is -2.14. The molecule has 1 aromatic rings. The van der Waals surface area contributed by atoms with Gasteiger partial charge in [-0.15, -0.1) is 11.8 Å². The van der Waals surface area contributed by atoms with Crippen LogP contribution in [0.4, 0.5) is 0 Å². The Bertz CT molecular complexity index is 667. The quantitative estimate of drug-likeness (QED) is 0.465. The first-order chi connectivity index (χ1) is 10.8. The molecule has 2 saturated heterocycles. The van der Waals surface area contributed by atoms with Crippen molar-refractivity contribution in [1.29, 1.82) is 0 Å². The van der Waals surface area contributed by atoms with Gasteiger partial charge in [0.15, 0.2) is 0 Å². The summed E-state index contributed by atoms with van der Waals surface area (Å²) >= 11 is 1.42. The van der Waals surface area contributed by atoms with E-state index in [1.54, 1.807) is 0 Å². The van der Waals surface area contributed by atoms with Gasteiger partial charge in [-0.2, -0.15) is 0 Å². The Morgan fingerprint density at radius 3 is 2.50 bits per heavy atom. The molecule has 0 spiro atoms. The number of carbonyl (C=O) groups is 3. The number of β-lactam (4-membered cyclic amide) rings is 1. The Balaban J connectivity index is 0.00000208. The number of carboxylic acid groups (broad SMARTS) is 1. The maximum Gasteiger partial charge on any atom is 1.00 e. The fraction of sp³-hybridized carbons (Fsp3) is 0.438. The van der Waals surface area contributed by atoms with E-state index in [1.807, 2.05) is 44.2 Å². The average molecular weight is 373 g/mol. The number of benzene rings is 1. The second-order valence-electron chi connectivity index (χ2n) is 6.31. The minimum Gasteiger partial charge on any atom is -0.480 e. The van der Waals surface area contributed by atoms with Crippen molar-refractivity contribution < 1.29 is 70.9 Å². The van der Waals surface area contributed by atoms with Crippen LogP contribution in [0.25, 0.3) is 0 Å². The fourth-order valence-corrected chi connectivity index (χ4v) is 4.78. The number of fused-ring (bicyclic) bond motifs is 1. The molecule has 0 bridgehead atoms. The molecule has 2 N–H and O–H groups in total. The molecule has 0 aliphatic carbocycles. The van der Waals surface area contributed by atoms with Gasteiger partial charge in [0.05, 0.1) is 6.42 Å². The number of aliphatic carboxylic acids is 1. The molecular weight excluding hydrogens is 355 g/mol. The van der Waals surface area contributed by atoms with Crippen molar-refractivity contribution in [3.05, 3.63) is 35.9 Å². The normalized spacial score (nSPS) is 26.8. The number of carbonyl (C=O) groups excluding carboxylic acids is 2. The second kappa shape index (κ2) is 7.47. The molecular formula is C16H18KN2O4S+. The molecule has 2 aliphatic rings. The Hall–Kier alpha value is -0.384. The summed E-state index contributed by atoms with van der Waals surface area (Å²) in [6.45, 7) is 3.62. The van der Waals surface area contributed by atoms with E-state index in [-0.39, 0.29) is 75.0 Å². The SMILES string of the molecule is CC1(C)SC2C(NC(=O)Cc3ccccc3)C(=O)N2C1C(=O)O.[K+]. The van der Waals surface area contributed by atoms with Gasteiger partial charge < -0.3 is 15.3 Å². The summed E-state index contributed by atoms with van der Waals surface area (Å²) in [5.41, 5.74) is 0.872. The zero-order valence-electron chi connectivity index (χ0n) is 13.9. The smallest absolute Gasteiger partial charge is 0.480 e. The molecule has 2 aliphatic heterocycles. The molecule has 24 heavy (non-hydrogen) atoms. The number of rotatable bonds is 4. The second-order valence-corrected chi connectivity index (χ2v) is 8.08. The Kier molecular flexibility index (Phi) is 6.20. The molecule has 1 aromatic carbocycles. The van der Waals surface area contributed by atoms with Crippen LogP contribution in [-0.2, 0) is 20.8 Å².